The van der Waals surface area contributed by atoms with Crippen molar-refractivity contribution in [1.29, 1.82) is 0 Å². The number of nitrogens with two attached hydrogens (primary N) is 1. The van der Waals surface area contributed by atoms with Gasteiger partial charge in [-0.2, -0.15) is 9.67 Å². The topological polar surface area (TPSA) is 95.7 Å². The van der Waals surface area contributed by atoms with Gasteiger partial charge >= 0.3 is 0 Å². The highest BCUT2D eigenvalue weighted by molar-refractivity contribution is 9.10. The van der Waals surface area contributed by atoms with Gasteiger partial charge in [-0.25, -0.2) is 4.39 Å². The van der Waals surface area contributed by atoms with Crippen LogP contribution in [0.1, 0.15) is 0 Å². The number of nitrogens with zero attached hydrogens (tertiary/aromatic N) is 5. The number of benzene rings is 2. The zero-order valence-corrected chi connectivity index (χ0v) is 14.2. The molecule has 0 aliphatic carbocycles. The van der Waals surface area contributed by atoms with Crippen LogP contribution in [0, 0.1) is 5.82 Å². The van der Waals surface area contributed by atoms with Crippen molar-refractivity contribution >= 4 is 21.7 Å². The number of hydrogen-bond acceptors (Lipinski definition) is 6. The van der Waals surface area contributed by atoms with Crippen LogP contribution in [0.5, 0.6) is 0 Å². The molecule has 0 fully saturated rings. The van der Waals surface area contributed by atoms with Gasteiger partial charge in [-0.3, -0.25) is 0 Å². The number of aromatic nitrogens is 5. The van der Waals surface area contributed by atoms with E-state index in [1.807, 2.05) is 24.3 Å². The van der Waals surface area contributed by atoms with Crippen molar-refractivity contribution in [3.63, 3.8) is 0 Å². The van der Waals surface area contributed by atoms with Crippen LogP contribution in [0.4, 0.5) is 10.2 Å². The number of hydrogen-bond donors (Lipinski definition) is 1. The molecule has 0 saturated heterocycles. The lowest BCUT2D eigenvalue weighted by Crippen LogP contribution is -2.02. The van der Waals surface area contributed by atoms with E-state index < -0.39 is 5.82 Å². The fraction of sp³-hybridized carbons (Fsp3) is 0. The van der Waals surface area contributed by atoms with Crippen LogP contribution in [0.25, 0.3) is 28.7 Å². The molecule has 0 radical (unpaired) electrons. The van der Waals surface area contributed by atoms with Crippen molar-refractivity contribution in [2.24, 2.45) is 0 Å². The summed E-state index contributed by atoms with van der Waals surface area (Å²) in [6, 6.07) is 13.3. The maximum absolute atomic E-state index is 13.4. The molecule has 0 unspecified atom stereocenters. The molecule has 0 saturated carbocycles. The van der Waals surface area contributed by atoms with E-state index in [1.165, 1.54) is 16.8 Å². The zero-order chi connectivity index (χ0) is 17.4. The monoisotopic (exact) mass is 400 g/mol. The second-order valence-electron chi connectivity index (χ2n) is 5.14. The standard InChI is InChI=1S/C16H10BrFN6O/c17-10-6-4-9(5-7-10)15-20-16(25-22-15)13-14(19)24(23-21-13)12-3-1-2-11(18)8-12/h1-8H,19H2. The average Bonchev–Trinajstić information content (AvgIpc) is 3.22. The number of rotatable bonds is 3. The lowest BCUT2D eigenvalue weighted by atomic mass is 10.2. The molecule has 0 aliphatic rings. The number of halogens is 2. The Hall–Kier alpha value is -3.07. The van der Waals surface area contributed by atoms with Crippen LogP contribution < -0.4 is 5.73 Å². The third-order valence-electron chi connectivity index (χ3n) is 3.49. The van der Waals surface area contributed by atoms with E-state index in [0.717, 1.165) is 10.0 Å². The van der Waals surface area contributed by atoms with Crippen LogP contribution in [0.2, 0.25) is 0 Å². The molecule has 2 N–H and O–H groups in total. The highest BCUT2D eigenvalue weighted by Crippen LogP contribution is 2.27. The summed E-state index contributed by atoms with van der Waals surface area (Å²) in [7, 11) is 0. The molecule has 124 valence electrons. The van der Waals surface area contributed by atoms with Gasteiger partial charge in [0.1, 0.15) is 5.82 Å². The predicted octanol–water partition coefficient (Wildman–Crippen LogP) is 3.47. The van der Waals surface area contributed by atoms with E-state index in [0.29, 0.717) is 11.5 Å². The first-order chi connectivity index (χ1) is 12.1. The van der Waals surface area contributed by atoms with Gasteiger partial charge in [0.25, 0.3) is 5.89 Å². The van der Waals surface area contributed by atoms with E-state index in [9.17, 15) is 4.39 Å². The maximum atomic E-state index is 13.4. The van der Waals surface area contributed by atoms with Crippen molar-refractivity contribution in [2.75, 3.05) is 5.73 Å². The Morgan fingerprint density at radius 2 is 1.92 bits per heavy atom. The molecule has 2 heterocycles. The average molecular weight is 401 g/mol. The van der Waals surface area contributed by atoms with Crippen molar-refractivity contribution in [3.05, 3.63) is 58.8 Å². The van der Waals surface area contributed by atoms with Gasteiger partial charge in [-0.15, -0.1) is 5.10 Å². The third-order valence-corrected chi connectivity index (χ3v) is 4.02. The van der Waals surface area contributed by atoms with E-state index in [4.69, 9.17) is 10.3 Å². The van der Waals surface area contributed by atoms with Crippen LogP contribution in [-0.4, -0.2) is 25.1 Å². The first-order valence-corrected chi connectivity index (χ1v) is 7.98. The molecule has 7 nitrogen and oxygen atoms in total. The molecule has 25 heavy (non-hydrogen) atoms. The number of anilines is 1. The first-order valence-electron chi connectivity index (χ1n) is 7.19. The van der Waals surface area contributed by atoms with Crippen LogP contribution >= 0.6 is 15.9 Å². The van der Waals surface area contributed by atoms with E-state index in [1.54, 1.807) is 12.1 Å². The van der Waals surface area contributed by atoms with Crippen molar-refractivity contribution in [1.82, 2.24) is 25.1 Å². The molecule has 2 aromatic heterocycles. The highest BCUT2D eigenvalue weighted by Gasteiger charge is 2.20. The molecule has 0 bridgehead atoms. The minimum Gasteiger partial charge on any atom is -0.382 e. The molecule has 0 aliphatic heterocycles. The van der Waals surface area contributed by atoms with Crippen molar-refractivity contribution in [2.45, 2.75) is 0 Å². The van der Waals surface area contributed by atoms with Crippen LogP contribution in [-0.2, 0) is 0 Å². The minimum atomic E-state index is -0.399. The molecule has 0 atom stereocenters. The fourth-order valence-corrected chi connectivity index (χ4v) is 2.54. The van der Waals surface area contributed by atoms with Gasteiger partial charge in [0, 0.05) is 10.0 Å². The summed E-state index contributed by atoms with van der Waals surface area (Å²) >= 11 is 3.37. The van der Waals surface area contributed by atoms with E-state index in [-0.39, 0.29) is 17.4 Å². The Balaban J connectivity index is 1.71. The fourth-order valence-electron chi connectivity index (χ4n) is 2.28. The smallest absolute Gasteiger partial charge is 0.282 e. The highest BCUT2D eigenvalue weighted by atomic mass is 79.9. The second-order valence-corrected chi connectivity index (χ2v) is 6.06. The summed E-state index contributed by atoms with van der Waals surface area (Å²) in [4.78, 5) is 4.30. The Bertz CT molecular complexity index is 1040. The zero-order valence-electron chi connectivity index (χ0n) is 12.6. The largest absolute Gasteiger partial charge is 0.382 e. The van der Waals surface area contributed by atoms with Crippen molar-refractivity contribution < 1.29 is 8.91 Å². The van der Waals surface area contributed by atoms with Gasteiger partial charge in [0.2, 0.25) is 5.82 Å². The lowest BCUT2D eigenvalue weighted by Gasteiger charge is -2.02. The third kappa shape index (κ3) is 2.89. The molecule has 4 aromatic rings. The summed E-state index contributed by atoms with van der Waals surface area (Å²) in [6.07, 6.45) is 0. The quantitative estimate of drug-likeness (QED) is 0.565. The molecule has 0 spiro atoms. The van der Waals surface area contributed by atoms with Gasteiger partial charge < -0.3 is 10.3 Å². The predicted molar refractivity (Wildman–Crippen MR) is 92.2 cm³/mol. The Morgan fingerprint density at radius 1 is 1.12 bits per heavy atom. The Kier molecular flexibility index (Phi) is 3.77. The van der Waals surface area contributed by atoms with E-state index in [2.05, 4.69) is 36.4 Å². The van der Waals surface area contributed by atoms with E-state index >= 15 is 0 Å². The molecular weight excluding hydrogens is 391 g/mol. The van der Waals surface area contributed by atoms with Crippen molar-refractivity contribution in [3.8, 4) is 28.7 Å². The summed E-state index contributed by atoms with van der Waals surface area (Å²) in [5, 5.41) is 11.8. The Morgan fingerprint density at radius 3 is 2.68 bits per heavy atom. The van der Waals surface area contributed by atoms with Gasteiger partial charge in [-0.05, 0) is 42.5 Å². The molecular formula is C16H10BrFN6O. The Labute approximate surface area is 149 Å². The second kappa shape index (κ2) is 6.10. The first kappa shape index (κ1) is 15.5. The summed E-state index contributed by atoms with van der Waals surface area (Å²) < 4.78 is 20.9. The molecule has 9 heteroatoms. The molecule has 2 aromatic carbocycles. The molecule has 4 rings (SSSR count). The summed E-state index contributed by atoms with van der Waals surface area (Å²) in [5.74, 6) is 0.321. The van der Waals surface area contributed by atoms with Gasteiger partial charge in [0.05, 0.1) is 5.69 Å². The van der Waals surface area contributed by atoms with Gasteiger partial charge in [-0.1, -0.05) is 32.4 Å². The number of nitrogen functional groups attached to an aromatic ring is 1. The normalized spacial score (nSPS) is 11.0. The molecule has 0 amide bonds. The minimum absolute atomic E-state index is 0.137. The van der Waals surface area contributed by atoms with Crippen LogP contribution in [0.15, 0.2) is 57.5 Å². The summed E-state index contributed by atoms with van der Waals surface area (Å²) in [6.45, 7) is 0. The lowest BCUT2D eigenvalue weighted by molar-refractivity contribution is 0.431. The summed E-state index contributed by atoms with van der Waals surface area (Å²) in [5.41, 5.74) is 7.54. The SMILES string of the molecule is Nc1c(-c2nc(-c3ccc(Br)cc3)no2)nnn1-c1cccc(F)c1. The maximum Gasteiger partial charge on any atom is 0.282 e. The van der Waals surface area contributed by atoms with Crippen LogP contribution in [0.3, 0.4) is 0 Å². The van der Waals surface area contributed by atoms with Gasteiger partial charge in [0.15, 0.2) is 11.5 Å².